The summed E-state index contributed by atoms with van der Waals surface area (Å²) < 4.78 is 10.4. The Balaban J connectivity index is 2.47. The summed E-state index contributed by atoms with van der Waals surface area (Å²) in [6, 6.07) is -0.162. The van der Waals surface area contributed by atoms with Gasteiger partial charge in [0, 0.05) is 32.8 Å². The second kappa shape index (κ2) is 7.14. The fourth-order valence-electron chi connectivity index (χ4n) is 1.92. The molecule has 1 fully saturated rings. The lowest BCUT2D eigenvalue weighted by atomic mass is 10.1. The van der Waals surface area contributed by atoms with Crippen LogP contribution in [0.25, 0.3) is 0 Å². The van der Waals surface area contributed by atoms with Gasteiger partial charge in [-0.2, -0.15) is 0 Å². The average Bonchev–Trinajstić information content (AvgIpc) is 2.48. The molecule has 0 amide bonds. The van der Waals surface area contributed by atoms with E-state index in [1.54, 1.807) is 7.11 Å². The van der Waals surface area contributed by atoms with Crippen LogP contribution in [0.5, 0.6) is 0 Å². The zero-order chi connectivity index (χ0) is 11.1. The van der Waals surface area contributed by atoms with Crippen molar-refractivity contribution in [1.82, 2.24) is 4.90 Å². The van der Waals surface area contributed by atoms with Crippen LogP contribution < -0.4 is 5.73 Å². The Kier molecular flexibility index (Phi) is 6.12. The van der Waals surface area contributed by atoms with Crippen LogP contribution in [0.4, 0.5) is 0 Å². The zero-order valence-corrected chi connectivity index (χ0v) is 9.39. The summed E-state index contributed by atoms with van der Waals surface area (Å²) in [5.41, 5.74) is 5.95. The predicted molar refractivity (Wildman–Crippen MR) is 57.7 cm³/mol. The molecular weight excluding hydrogens is 196 g/mol. The summed E-state index contributed by atoms with van der Waals surface area (Å²) in [4.78, 5) is 2.19. The van der Waals surface area contributed by atoms with Crippen molar-refractivity contribution in [2.75, 3.05) is 46.6 Å². The van der Waals surface area contributed by atoms with E-state index in [9.17, 15) is 5.11 Å². The Labute approximate surface area is 91.1 Å². The van der Waals surface area contributed by atoms with Gasteiger partial charge >= 0.3 is 0 Å². The molecule has 1 saturated heterocycles. The highest BCUT2D eigenvalue weighted by Gasteiger charge is 2.24. The van der Waals surface area contributed by atoms with Gasteiger partial charge in [-0.15, -0.1) is 0 Å². The summed E-state index contributed by atoms with van der Waals surface area (Å²) in [5.74, 6) is 0. The monoisotopic (exact) mass is 218 g/mol. The number of methoxy groups -OCH3 is 1. The Morgan fingerprint density at radius 2 is 2.27 bits per heavy atom. The number of hydrogen-bond acceptors (Lipinski definition) is 5. The van der Waals surface area contributed by atoms with Crippen molar-refractivity contribution in [3.8, 4) is 0 Å². The van der Waals surface area contributed by atoms with E-state index in [1.807, 2.05) is 0 Å². The second-order valence-electron chi connectivity index (χ2n) is 3.87. The molecule has 1 heterocycles. The molecule has 5 heteroatoms. The first-order valence-corrected chi connectivity index (χ1v) is 5.46. The van der Waals surface area contributed by atoms with E-state index in [0.717, 1.165) is 32.7 Å². The maximum Gasteiger partial charge on any atom is 0.0629 e. The average molecular weight is 218 g/mol. The van der Waals surface area contributed by atoms with Crippen LogP contribution in [0.15, 0.2) is 0 Å². The number of nitrogens with two attached hydrogens (primary N) is 1. The highest BCUT2D eigenvalue weighted by molar-refractivity contribution is 4.82. The molecule has 1 rings (SSSR count). The van der Waals surface area contributed by atoms with Gasteiger partial charge in [-0.25, -0.2) is 0 Å². The molecule has 0 saturated carbocycles. The fraction of sp³-hybridized carbons (Fsp3) is 1.00. The minimum absolute atomic E-state index is 0.0216. The van der Waals surface area contributed by atoms with Crippen LogP contribution in [0.3, 0.4) is 0 Å². The Bertz CT molecular complexity index is 161. The third kappa shape index (κ3) is 4.04. The lowest BCUT2D eigenvalue weighted by Crippen LogP contribution is -2.52. The molecule has 90 valence electrons. The first-order chi connectivity index (χ1) is 7.29. The van der Waals surface area contributed by atoms with Crippen molar-refractivity contribution in [2.24, 2.45) is 5.73 Å². The van der Waals surface area contributed by atoms with Crippen molar-refractivity contribution in [3.05, 3.63) is 0 Å². The van der Waals surface area contributed by atoms with Crippen LogP contribution in [0, 0.1) is 0 Å². The van der Waals surface area contributed by atoms with E-state index in [0.29, 0.717) is 6.61 Å². The van der Waals surface area contributed by atoms with Crippen LogP contribution in [0.2, 0.25) is 0 Å². The summed E-state index contributed by atoms with van der Waals surface area (Å²) in [6.45, 7) is 3.84. The van der Waals surface area contributed by atoms with Crippen LogP contribution in [-0.4, -0.2) is 68.7 Å². The number of rotatable bonds is 5. The van der Waals surface area contributed by atoms with Gasteiger partial charge < -0.3 is 20.3 Å². The van der Waals surface area contributed by atoms with E-state index in [1.165, 1.54) is 0 Å². The van der Waals surface area contributed by atoms with E-state index in [-0.39, 0.29) is 18.7 Å². The first-order valence-electron chi connectivity index (χ1n) is 5.46. The number of ether oxygens (including phenoxy) is 2. The molecule has 2 unspecified atom stereocenters. The molecule has 2 atom stereocenters. The molecule has 5 nitrogen and oxygen atoms in total. The smallest absolute Gasteiger partial charge is 0.0629 e. The molecule has 0 aromatic heterocycles. The van der Waals surface area contributed by atoms with Gasteiger partial charge in [0.15, 0.2) is 0 Å². The van der Waals surface area contributed by atoms with Crippen molar-refractivity contribution in [3.63, 3.8) is 0 Å². The van der Waals surface area contributed by atoms with Crippen LogP contribution in [-0.2, 0) is 9.47 Å². The summed E-state index contributed by atoms with van der Waals surface area (Å²) in [5, 5.41) is 9.35. The summed E-state index contributed by atoms with van der Waals surface area (Å²) in [7, 11) is 1.62. The molecule has 0 spiro atoms. The lowest BCUT2D eigenvalue weighted by molar-refractivity contribution is 0.0661. The van der Waals surface area contributed by atoms with Crippen molar-refractivity contribution in [2.45, 2.75) is 18.5 Å². The van der Waals surface area contributed by atoms with E-state index >= 15 is 0 Å². The van der Waals surface area contributed by atoms with Crippen LogP contribution in [0.1, 0.15) is 6.42 Å². The molecule has 1 aliphatic rings. The molecule has 1 aliphatic heterocycles. The van der Waals surface area contributed by atoms with Gasteiger partial charge in [0.25, 0.3) is 0 Å². The zero-order valence-electron chi connectivity index (χ0n) is 9.39. The number of aliphatic hydroxyl groups excluding tert-OH is 1. The molecule has 3 N–H and O–H groups in total. The lowest BCUT2D eigenvalue weighted by Gasteiger charge is -2.32. The van der Waals surface area contributed by atoms with E-state index in [4.69, 9.17) is 15.2 Å². The third-order valence-corrected chi connectivity index (χ3v) is 2.77. The van der Waals surface area contributed by atoms with Crippen molar-refractivity contribution < 1.29 is 14.6 Å². The maximum absolute atomic E-state index is 9.35. The molecule has 0 aromatic rings. The summed E-state index contributed by atoms with van der Waals surface area (Å²) >= 11 is 0. The van der Waals surface area contributed by atoms with E-state index < -0.39 is 0 Å². The normalized spacial score (nSPS) is 23.4. The first kappa shape index (κ1) is 12.9. The third-order valence-electron chi connectivity index (χ3n) is 2.77. The number of hydrogen-bond donors (Lipinski definition) is 2. The molecule has 0 aliphatic carbocycles. The molecule has 0 bridgehead atoms. The predicted octanol–water partition coefficient (Wildman–Crippen LogP) is -0.957. The molecule has 15 heavy (non-hydrogen) atoms. The molecule has 0 radical (unpaired) electrons. The van der Waals surface area contributed by atoms with Gasteiger partial charge in [0.05, 0.1) is 25.9 Å². The number of aliphatic hydroxyl groups is 1. The van der Waals surface area contributed by atoms with Gasteiger partial charge in [-0.3, -0.25) is 4.90 Å². The topological polar surface area (TPSA) is 68.0 Å². The van der Waals surface area contributed by atoms with Gasteiger partial charge in [-0.05, 0) is 6.42 Å². The minimum Gasteiger partial charge on any atom is -0.395 e. The highest BCUT2D eigenvalue weighted by atomic mass is 16.5. The largest absolute Gasteiger partial charge is 0.395 e. The number of nitrogens with zero attached hydrogens (tertiary/aromatic N) is 1. The molecule has 0 aromatic carbocycles. The second-order valence-corrected chi connectivity index (χ2v) is 3.87. The standard InChI is InChI=1S/C10H22N2O3/c1-14-8-9(11)10(7-13)12-3-2-5-15-6-4-12/h9-10,13H,2-8,11H2,1H3. The Morgan fingerprint density at radius 1 is 1.47 bits per heavy atom. The van der Waals surface area contributed by atoms with E-state index in [2.05, 4.69) is 4.90 Å². The Morgan fingerprint density at radius 3 is 2.93 bits per heavy atom. The van der Waals surface area contributed by atoms with Gasteiger partial charge in [-0.1, -0.05) is 0 Å². The molecular formula is C10H22N2O3. The van der Waals surface area contributed by atoms with Crippen molar-refractivity contribution in [1.29, 1.82) is 0 Å². The Hall–Kier alpha value is -0.200. The maximum atomic E-state index is 9.35. The van der Waals surface area contributed by atoms with Gasteiger partial charge in [0.1, 0.15) is 0 Å². The van der Waals surface area contributed by atoms with Crippen molar-refractivity contribution >= 4 is 0 Å². The van der Waals surface area contributed by atoms with Gasteiger partial charge in [0.2, 0.25) is 0 Å². The minimum atomic E-state index is -0.141. The van der Waals surface area contributed by atoms with Crippen LogP contribution >= 0.6 is 0 Å². The SMILES string of the molecule is COCC(N)C(CO)N1CCCOCC1. The fourth-order valence-corrected chi connectivity index (χ4v) is 1.92. The summed E-state index contributed by atoms with van der Waals surface area (Å²) in [6.07, 6.45) is 0.996. The highest BCUT2D eigenvalue weighted by Crippen LogP contribution is 2.07. The quantitative estimate of drug-likeness (QED) is 0.622.